The van der Waals surface area contributed by atoms with Crippen molar-refractivity contribution >= 4 is 0 Å². The van der Waals surface area contributed by atoms with Crippen molar-refractivity contribution in [3.63, 3.8) is 0 Å². The molecule has 2 fully saturated rings. The second kappa shape index (κ2) is 5.31. The van der Waals surface area contributed by atoms with Gasteiger partial charge in [0, 0.05) is 25.4 Å². The summed E-state index contributed by atoms with van der Waals surface area (Å²) < 4.78 is 13.9. The molecule has 4 heterocycles. The third-order valence-electron chi connectivity index (χ3n) is 4.71. The number of piperidine rings is 1. The van der Waals surface area contributed by atoms with Crippen LogP contribution in [0.2, 0.25) is 0 Å². The minimum absolute atomic E-state index is 0.0137. The van der Waals surface area contributed by atoms with Gasteiger partial charge in [0.15, 0.2) is 0 Å². The molecule has 1 spiro atoms. The van der Waals surface area contributed by atoms with Gasteiger partial charge in [0.05, 0.1) is 37.4 Å². The Hall–Kier alpha value is -1.59. The zero-order chi connectivity index (χ0) is 14.1. The van der Waals surface area contributed by atoms with Crippen molar-refractivity contribution in [2.24, 2.45) is 0 Å². The van der Waals surface area contributed by atoms with Crippen molar-refractivity contribution in [1.82, 2.24) is 14.5 Å². The SMILES string of the molecule is c1coc(CN2CCCC3(CC(n4ccnc4)CO3)C2)c1. The maximum atomic E-state index is 6.25. The molecule has 0 N–H and O–H groups in total. The highest BCUT2D eigenvalue weighted by atomic mass is 16.5. The summed E-state index contributed by atoms with van der Waals surface area (Å²) in [6, 6.07) is 4.43. The highest BCUT2D eigenvalue weighted by Crippen LogP contribution is 2.39. The van der Waals surface area contributed by atoms with Gasteiger partial charge in [-0.15, -0.1) is 0 Å². The minimum atomic E-state index is 0.0137. The van der Waals surface area contributed by atoms with Crippen molar-refractivity contribution < 1.29 is 9.15 Å². The van der Waals surface area contributed by atoms with Gasteiger partial charge in [-0.3, -0.25) is 4.90 Å². The smallest absolute Gasteiger partial charge is 0.117 e. The summed E-state index contributed by atoms with van der Waals surface area (Å²) in [5.41, 5.74) is 0.0137. The van der Waals surface area contributed by atoms with E-state index < -0.39 is 0 Å². The summed E-state index contributed by atoms with van der Waals surface area (Å²) in [5.74, 6) is 1.04. The van der Waals surface area contributed by atoms with E-state index in [1.807, 2.05) is 30.9 Å². The van der Waals surface area contributed by atoms with Gasteiger partial charge in [0.1, 0.15) is 5.76 Å². The first-order chi connectivity index (χ1) is 10.3. The van der Waals surface area contributed by atoms with Crippen LogP contribution in [0.15, 0.2) is 41.5 Å². The highest BCUT2D eigenvalue weighted by Gasteiger charge is 2.43. The molecule has 2 unspecified atom stereocenters. The number of imidazole rings is 1. The molecule has 4 rings (SSSR count). The van der Waals surface area contributed by atoms with E-state index in [2.05, 4.69) is 14.5 Å². The third-order valence-corrected chi connectivity index (χ3v) is 4.71. The molecule has 2 saturated heterocycles. The Bertz CT molecular complexity index is 566. The molecular formula is C16H21N3O2. The van der Waals surface area contributed by atoms with Gasteiger partial charge in [-0.2, -0.15) is 0 Å². The molecular weight excluding hydrogens is 266 g/mol. The van der Waals surface area contributed by atoms with Crippen LogP contribution in [0.25, 0.3) is 0 Å². The Morgan fingerprint density at radius 1 is 1.43 bits per heavy atom. The molecule has 2 aromatic rings. The molecule has 112 valence electrons. The summed E-state index contributed by atoms with van der Waals surface area (Å²) in [4.78, 5) is 6.61. The topological polar surface area (TPSA) is 43.4 Å². The summed E-state index contributed by atoms with van der Waals surface area (Å²) in [5, 5.41) is 0. The van der Waals surface area contributed by atoms with Crippen LogP contribution < -0.4 is 0 Å². The maximum absolute atomic E-state index is 6.25. The fourth-order valence-corrected chi connectivity index (χ4v) is 3.73. The second-order valence-electron chi connectivity index (χ2n) is 6.26. The number of likely N-dealkylation sites (tertiary alicyclic amines) is 1. The van der Waals surface area contributed by atoms with E-state index in [-0.39, 0.29) is 5.60 Å². The Morgan fingerprint density at radius 2 is 2.43 bits per heavy atom. The molecule has 5 heteroatoms. The summed E-state index contributed by atoms with van der Waals surface area (Å²) in [6.07, 6.45) is 11.0. The van der Waals surface area contributed by atoms with Crippen molar-refractivity contribution in [2.45, 2.75) is 37.5 Å². The van der Waals surface area contributed by atoms with Crippen molar-refractivity contribution in [2.75, 3.05) is 19.7 Å². The standard InChI is InChI=1S/C16H21N3O2/c1-3-15(20-8-1)10-18-6-2-4-16(12-18)9-14(11-21-16)19-7-5-17-13-19/h1,3,5,7-8,13-14H,2,4,6,9-12H2. The van der Waals surface area contributed by atoms with Crippen molar-refractivity contribution in [3.8, 4) is 0 Å². The number of ether oxygens (including phenoxy) is 1. The van der Waals surface area contributed by atoms with Gasteiger partial charge in [-0.1, -0.05) is 0 Å². The second-order valence-corrected chi connectivity index (χ2v) is 6.26. The average Bonchev–Trinajstić information content (AvgIpc) is 3.20. The van der Waals surface area contributed by atoms with E-state index in [9.17, 15) is 0 Å². The number of rotatable bonds is 3. The number of furan rings is 1. The van der Waals surface area contributed by atoms with Crippen LogP contribution >= 0.6 is 0 Å². The lowest BCUT2D eigenvalue weighted by Crippen LogP contribution is -2.47. The van der Waals surface area contributed by atoms with Crippen molar-refractivity contribution in [1.29, 1.82) is 0 Å². The van der Waals surface area contributed by atoms with E-state index in [4.69, 9.17) is 9.15 Å². The number of hydrogen-bond donors (Lipinski definition) is 0. The van der Waals surface area contributed by atoms with E-state index >= 15 is 0 Å². The van der Waals surface area contributed by atoms with Crippen LogP contribution in [-0.2, 0) is 11.3 Å². The molecule has 21 heavy (non-hydrogen) atoms. The fourth-order valence-electron chi connectivity index (χ4n) is 3.73. The fraction of sp³-hybridized carbons (Fsp3) is 0.562. The molecule has 2 aliphatic heterocycles. The number of aromatic nitrogens is 2. The predicted molar refractivity (Wildman–Crippen MR) is 77.8 cm³/mol. The molecule has 2 aromatic heterocycles. The largest absolute Gasteiger partial charge is 0.468 e. The molecule has 0 bridgehead atoms. The van der Waals surface area contributed by atoms with Gasteiger partial charge in [0.2, 0.25) is 0 Å². The minimum Gasteiger partial charge on any atom is -0.468 e. The van der Waals surface area contributed by atoms with E-state index in [1.54, 1.807) is 6.26 Å². The molecule has 0 radical (unpaired) electrons. The zero-order valence-electron chi connectivity index (χ0n) is 12.1. The zero-order valence-corrected chi connectivity index (χ0v) is 12.1. The molecule has 2 aliphatic rings. The Labute approximate surface area is 124 Å². The van der Waals surface area contributed by atoms with Crippen LogP contribution in [0.4, 0.5) is 0 Å². The van der Waals surface area contributed by atoms with Crippen LogP contribution in [-0.4, -0.2) is 39.7 Å². The van der Waals surface area contributed by atoms with Crippen LogP contribution in [0.5, 0.6) is 0 Å². The Balaban J connectivity index is 1.43. The molecule has 0 saturated carbocycles. The van der Waals surface area contributed by atoms with Crippen LogP contribution in [0.1, 0.15) is 31.1 Å². The van der Waals surface area contributed by atoms with E-state index in [0.29, 0.717) is 6.04 Å². The van der Waals surface area contributed by atoms with Gasteiger partial charge < -0.3 is 13.7 Å². The summed E-state index contributed by atoms with van der Waals surface area (Å²) in [7, 11) is 0. The average molecular weight is 287 g/mol. The monoisotopic (exact) mass is 287 g/mol. The molecule has 0 aromatic carbocycles. The maximum Gasteiger partial charge on any atom is 0.117 e. The lowest BCUT2D eigenvalue weighted by molar-refractivity contribution is -0.0546. The first-order valence-corrected chi connectivity index (χ1v) is 7.69. The lowest BCUT2D eigenvalue weighted by atomic mass is 9.88. The van der Waals surface area contributed by atoms with E-state index in [0.717, 1.165) is 44.8 Å². The first kappa shape index (κ1) is 13.1. The van der Waals surface area contributed by atoms with Crippen molar-refractivity contribution in [3.05, 3.63) is 42.9 Å². The van der Waals surface area contributed by atoms with Gasteiger partial charge in [-0.25, -0.2) is 4.98 Å². The molecule has 0 amide bonds. The van der Waals surface area contributed by atoms with Crippen LogP contribution in [0, 0.1) is 0 Å². The van der Waals surface area contributed by atoms with Crippen LogP contribution in [0.3, 0.4) is 0 Å². The summed E-state index contributed by atoms with van der Waals surface area (Å²) in [6.45, 7) is 3.80. The number of hydrogen-bond acceptors (Lipinski definition) is 4. The molecule has 0 aliphatic carbocycles. The van der Waals surface area contributed by atoms with E-state index in [1.165, 1.54) is 6.42 Å². The molecule has 5 nitrogen and oxygen atoms in total. The summed E-state index contributed by atoms with van der Waals surface area (Å²) >= 11 is 0. The quantitative estimate of drug-likeness (QED) is 0.870. The highest BCUT2D eigenvalue weighted by molar-refractivity contribution is 5.02. The predicted octanol–water partition coefficient (Wildman–Crippen LogP) is 2.47. The molecule has 2 atom stereocenters. The first-order valence-electron chi connectivity index (χ1n) is 7.69. The van der Waals surface area contributed by atoms with Gasteiger partial charge in [0.25, 0.3) is 0 Å². The van der Waals surface area contributed by atoms with Gasteiger partial charge in [-0.05, 0) is 31.5 Å². The van der Waals surface area contributed by atoms with Gasteiger partial charge >= 0.3 is 0 Å². The normalized spacial score (nSPS) is 30.2. The Kier molecular flexibility index (Phi) is 3.31. The number of nitrogens with zero attached hydrogens (tertiary/aromatic N) is 3. The lowest BCUT2D eigenvalue weighted by Gasteiger charge is -2.39. The third kappa shape index (κ3) is 2.63. The Morgan fingerprint density at radius 3 is 3.24 bits per heavy atom.